The van der Waals surface area contributed by atoms with Gasteiger partial charge in [-0.05, 0) is 64.3 Å². The molecule has 0 spiro atoms. The first-order chi connectivity index (χ1) is 19.9. The standard InChI is InChI=1S/C30H43N3O9/c1-30(2,3)41-29(39)21-12-14-22(15-13-21)40-20-10-8-6-4-5-7-9-11-24(34)32-23(28(31)38)16-19-27(37)42-33-25(35)17-18-26(33)36/h12-15,17-18,23,35-36H,4-11,16,19-20H2,1-3H3,(H2,31,38)(H,32,34)/t23-/m0/s1. The lowest BCUT2D eigenvalue weighted by atomic mass is 10.1. The normalized spacial score (nSPS) is 11.9. The van der Waals surface area contributed by atoms with Crippen LogP contribution in [0.25, 0.3) is 0 Å². The van der Waals surface area contributed by atoms with E-state index in [-0.39, 0.29) is 31.1 Å². The van der Waals surface area contributed by atoms with Gasteiger partial charge in [0.2, 0.25) is 23.6 Å². The van der Waals surface area contributed by atoms with Gasteiger partial charge in [-0.25, -0.2) is 9.59 Å². The highest BCUT2D eigenvalue weighted by Crippen LogP contribution is 2.19. The van der Waals surface area contributed by atoms with Crippen LogP contribution >= 0.6 is 0 Å². The van der Waals surface area contributed by atoms with Gasteiger partial charge in [0.25, 0.3) is 0 Å². The minimum Gasteiger partial charge on any atom is -0.494 e. The van der Waals surface area contributed by atoms with Crippen molar-refractivity contribution in [1.82, 2.24) is 10.0 Å². The van der Waals surface area contributed by atoms with Crippen molar-refractivity contribution < 1.29 is 43.7 Å². The average Bonchev–Trinajstić information content (AvgIpc) is 3.23. The summed E-state index contributed by atoms with van der Waals surface area (Å²) in [7, 11) is 0. The van der Waals surface area contributed by atoms with Crippen LogP contribution in [0.4, 0.5) is 0 Å². The minimum absolute atomic E-state index is 0.0796. The number of carbonyl (C=O) groups excluding carboxylic acids is 4. The number of esters is 1. The molecule has 5 N–H and O–H groups in total. The van der Waals surface area contributed by atoms with Gasteiger partial charge in [0.15, 0.2) is 0 Å². The Morgan fingerprint density at radius 1 is 0.857 bits per heavy atom. The smallest absolute Gasteiger partial charge is 0.338 e. The molecule has 2 aromatic rings. The topological polar surface area (TPSA) is 179 Å². The molecule has 0 aliphatic heterocycles. The summed E-state index contributed by atoms with van der Waals surface area (Å²) < 4.78 is 11.6. The van der Waals surface area contributed by atoms with Crippen LogP contribution in [0.3, 0.4) is 0 Å². The zero-order valence-electron chi connectivity index (χ0n) is 24.6. The number of ether oxygens (including phenoxy) is 2. The maximum atomic E-state index is 12.2. The van der Waals surface area contributed by atoms with Gasteiger partial charge in [0, 0.05) is 18.6 Å². The van der Waals surface area contributed by atoms with E-state index in [1.807, 2.05) is 20.8 Å². The van der Waals surface area contributed by atoms with Crippen molar-refractivity contribution in [3.63, 3.8) is 0 Å². The monoisotopic (exact) mass is 589 g/mol. The fourth-order valence-corrected chi connectivity index (χ4v) is 3.94. The molecule has 0 radical (unpaired) electrons. The van der Waals surface area contributed by atoms with E-state index in [0.717, 1.165) is 50.7 Å². The third kappa shape index (κ3) is 13.0. The van der Waals surface area contributed by atoms with Crippen LogP contribution in [0.1, 0.15) is 95.3 Å². The second-order valence-corrected chi connectivity index (χ2v) is 11.0. The molecule has 12 nitrogen and oxygen atoms in total. The summed E-state index contributed by atoms with van der Waals surface area (Å²) in [5.74, 6) is -2.51. The molecule has 0 saturated heterocycles. The van der Waals surface area contributed by atoms with Gasteiger partial charge >= 0.3 is 11.9 Å². The van der Waals surface area contributed by atoms with Gasteiger partial charge in [-0.2, -0.15) is 0 Å². The quantitative estimate of drug-likeness (QED) is 0.149. The third-order valence-electron chi connectivity index (χ3n) is 6.11. The number of benzene rings is 1. The van der Waals surface area contributed by atoms with Gasteiger partial charge in [0.05, 0.1) is 18.6 Å². The Bertz CT molecular complexity index is 1150. The maximum Gasteiger partial charge on any atom is 0.338 e. The summed E-state index contributed by atoms with van der Waals surface area (Å²) in [6.07, 6.45) is 6.40. The molecule has 0 bridgehead atoms. The van der Waals surface area contributed by atoms with Crippen molar-refractivity contribution in [2.75, 3.05) is 6.61 Å². The highest BCUT2D eigenvalue weighted by molar-refractivity contribution is 5.89. The molecule has 1 atom stereocenters. The molecule has 1 aromatic heterocycles. The Labute approximate surface area is 246 Å². The van der Waals surface area contributed by atoms with Crippen LogP contribution in [0.5, 0.6) is 17.5 Å². The fraction of sp³-hybridized carbons (Fsp3) is 0.533. The van der Waals surface area contributed by atoms with Crippen LogP contribution < -0.4 is 20.6 Å². The number of rotatable bonds is 18. The number of unbranched alkanes of at least 4 members (excludes halogenated alkanes) is 6. The third-order valence-corrected chi connectivity index (χ3v) is 6.11. The summed E-state index contributed by atoms with van der Waals surface area (Å²) in [5, 5.41) is 21.6. The Hall–Kier alpha value is -4.22. The molecule has 2 rings (SSSR count). The number of aromatic nitrogens is 1. The summed E-state index contributed by atoms with van der Waals surface area (Å²) in [6, 6.07) is 8.16. The van der Waals surface area contributed by atoms with Gasteiger partial charge in [0.1, 0.15) is 17.4 Å². The molecular formula is C30H43N3O9. The molecule has 0 aliphatic rings. The van der Waals surface area contributed by atoms with E-state index in [4.69, 9.17) is 20.0 Å². The molecular weight excluding hydrogens is 546 g/mol. The van der Waals surface area contributed by atoms with Crippen molar-refractivity contribution in [1.29, 1.82) is 0 Å². The number of hydrogen-bond donors (Lipinski definition) is 4. The van der Waals surface area contributed by atoms with Crippen molar-refractivity contribution >= 4 is 23.8 Å². The molecule has 12 heteroatoms. The van der Waals surface area contributed by atoms with Crippen LogP contribution in [0.15, 0.2) is 36.4 Å². The van der Waals surface area contributed by atoms with Gasteiger partial charge in [-0.1, -0.05) is 32.1 Å². The van der Waals surface area contributed by atoms with E-state index in [9.17, 15) is 29.4 Å². The van der Waals surface area contributed by atoms with E-state index >= 15 is 0 Å². The Morgan fingerprint density at radius 2 is 1.43 bits per heavy atom. The van der Waals surface area contributed by atoms with E-state index < -0.39 is 35.3 Å². The predicted octanol–water partition coefficient (Wildman–Crippen LogP) is 3.76. The van der Waals surface area contributed by atoms with E-state index in [1.54, 1.807) is 24.3 Å². The van der Waals surface area contributed by atoms with Crippen LogP contribution in [0, 0.1) is 0 Å². The first kappa shape index (κ1) is 34.0. The highest BCUT2D eigenvalue weighted by Gasteiger charge is 2.21. The number of nitrogens with two attached hydrogens (primary N) is 1. The SMILES string of the molecule is CC(C)(C)OC(=O)c1ccc(OCCCCCCCCCC(=O)N[C@@H](CCC(=O)On2c(O)ccc2O)C(N)=O)cc1. The number of carbonyl (C=O) groups is 4. The summed E-state index contributed by atoms with van der Waals surface area (Å²) in [6.45, 7) is 6.06. The highest BCUT2D eigenvalue weighted by atomic mass is 16.7. The molecule has 1 aromatic carbocycles. The zero-order valence-corrected chi connectivity index (χ0v) is 24.6. The Kier molecular flexibility index (Phi) is 13.7. The van der Waals surface area contributed by atoms with Crippen LogP contribution in [-0.4, -0.2) is 56.9 Å². The lowest BCUT2D eigenvalue weighted by molar-refractivity contribution is -0.146. The van der Waals surface area contributed by atoms with E-state index in [0.29, 0.717) is 29.1 Å². The van der Waals surface area contributed by atoms with Crippen molar-refractivity contribution in [2.24, 2.45) is 5.73 Å². The first-order valence-corrected chi connectivity index (χ1v) is 14.2. The summed E-state index contributed by atoms with van der Waals surface area (Å²) >= 11 is 0. The lowest BCUT2D eigenvalue weighted by Crippen LogP contribution is -2.44. The Balaban J connectivity index is 1.51. The van der Waals surface area contributed by atoms with E-state index in [1.165, 1.54) is 0 Å². The van der Waals surface area contributed by atoms with Crippen LogP contribution in [-0.2, 0) is 19.1 Å². The molecule has 2 amide bonds. The number of hydrogen-bond acceptors (Lipinski definition) is 9. The fourth-order valence-electron chi connectivity index (χ4n) is 3.94. The zero-order chi connectivity index (χ0) is 31.1. The Morgan fingerprint density at radius 3 is 2.00 bits per heavy atom. The summed E-state index contributed by atoms with van der Waals surface area (Å²) in [5.41, 5.74) is 5.30. The number of nitrogens with zero attached hydrogens (tertiary/aromatic N) is 1. The number of nitrogens with one attached hydrogen (secondary N) is 1. The molecule has 0 aliphatic carbocycles. The molecule has 1 heterocycles. The van der Waals surface area contributed by atoms with Gasteiger partial charge in [-0.3, -0.25) is 9.59 Å². The number of primary amides is 1. The minimum atomic E-state index is -1.04. The number of aromatic hydroxyl groups is 2. The average molecular weight is 590 g/mol. The van der Waals surface area contributed by atoms with Crippen molar-refractivity contribution in [3.8, 4) is 17.5 Å². The second-order valence-electron chi connectivity index (χ2n) is 11.0. The summed E-state index contributed by atoms with van der Waals surface area (Å²) in [4.78, 5) is 52.8. The van der Waals surface area contributed by atoms with Crippen molar-refractivity contribution in [3.05, 3.63) is 42.0 Å². The lowest BCUT2D eigenvalue weighted by Gasteiger charge is -2.19. The van der Waals surface area contributed by atoms with Gasteiger partial charge in [-0.15, -0.1) is 4.73 Å². The first-order valence-electron chi connectivity index (χ1n) is 14.2. The van der Waals surface area contributed by atoms with Crippen LogP contribution in [0.2, 0.25) is 0 Å². The predicted molar refractivity (Wildman–Crippen MR) is 154 cm³/mol. The number of amides is 2. The van der Waals surface area contributed by atoms with Crippen molar-refractivity contribution in [2.45, 2.75) is 96.6 Å². The van der Waals surface area contributed by atoms with E-state index in [2.05, 4.69) is 5.32 Å². The second kappa shape index (κ2) is 16.9. The molecule has 0 fully saturated rings. The molecule has 42 heavy (non-hydrogen) atoms. The maximum absolute atomic E-state index is 12.2. The molecule has 0 unspecified atom stereocenters. The largest absolute Gasteiger partial charge is 0.494 e. The molecule has 232 valence electrons. The van der Waals surface area contributed by atoms with Gasteiger partial charge < -0.3 is 35.6 Å². The molecule has 0 saturated carbocycles.